The molecule has 0 spiro atoms. The molecule has 0 amide bonds. The molecule has 0 aliphatic carbocycles. The molecule has 1 aromatic heterocycles. The Morgan fingerprint density at radius 1 is 1.64 bits per heavy atom. The minimum absolute atomic E-state index is 0.0751. The topological polar surface area (TPSA) is 64.0 Å². The van der Waals surface area contributed by atoms with Gasteiger partial charge in [-0.1, -0.05) is 15.9 Å². The summed E-state index contributed by atoms with van der Waals surface area (Å²) in [5, 5.41) is 0. The zero-order valence-electron chi connectivity index (χ0n) is 7.72. The molecule has 1 unspecified atom stereocenters. The molecule has 5 nitrogen and oxygen atoms in total. The van der Waals surface area contributed by atoms with E-state index in [0.29, 0.717) is 6.54 Å². The van der Waals surface area contributed by atoms with Crippen LogP contribution in [0.5, 0.6) is 0 Å². The Morgan fingerprint density at radius 2 is 2.36 bits per heavy atom. The summed E-state index contributed by atoms with van der Waals surface area (Å²) >= 11 is 2.91. The summed E-state index contributed by atoms with van der Waals surface area (Å²) in [5.74, 6) is 0. The van der Waals surface area contributed by atoms with E-state index in [9.17, 15) is 8.42 Å². The normalized spacial score (nSPS) is 14.1. The third-order valence-electron chi connectivity index (χ3n) is 1.57. The van der Waals surface area contributed by atoms with Gasteiger partial charge in [0.25, 0.3) is 0 Å². The summed E-state index contributed by atoms with van der Waals surface area (Å²) in [4.78, 5) is 3.87. The number of nitrogens with zero attached hydrogens (tertiary/aromatic N) is 2. The summed E-state index contributed by atoms with van der Waals surface area (Å²) in [7, 11) is -3.19. The molecule has 1 N–H and O–H groups in total. The van der Waals surface area contributed by atoms with E-state index >= 15 is 0 Å². The largest absolute Gasteiger partial charge is 0.336 e. The number of alkyl halides is 1. The summed E-state index contributed by atoms with van der Waals surface area (Å²) in [6.45, 7) is 2.38. The van der Waals surface area contributed by atoms with Gasteiger partial charge in [0.15, 0.2) is 0 Å². The number of sulfonamides is 1. The first-order valence-electron chi connectivity index (χ1n) is 4.05. The number of halogens is 1. The molecule has 0 aliphatic heterocycles. The maximum atomic E-state index is 11.2. The molecular formula is C7H12BrN3O2S. The van der Waals surface area contributed by atoms with Gasteiger partial charge in [0.2, 0.25) is 10.0 Å². The first kappa shape index (κ1) is 11.7. The van der Waals surface area contributed by atoms with Crippen LogP contribution in [0.15, 0.2) is 18.7 Å². The van der Waals surface area contributed by atoms with Crippen LogP contribution in [0.25, 0.3) is 0 Å². The lowest BCUT2D eigenvalue weighted by Gasteiger charge is -2.13. The first-order chi connectivity index (χ1) is 6.53. The lowest BCUT2D eigenvalue weighted by molar-refractivity contribution is 0.523. The van der Waals surface area contributed by atoms with Crippen LogP contribution < -0.4 is 4.72 Å². The molecule has 1 rings (SSSR count). The Labute approximate surface area is 91.7 Å². The maximum absolute atomic E-state index is 11.2. The maximum Gasteiger partial charge on any atom is 0.221 e. The van der Waals surface area contributed by atoms with E-state index < -0.39 is 10.0 Å². The molecule has 0 aromatic carbocycles. The summed E-state index contributed by atoms with van der Waals surface area (Å²) < 4.78 is 26.6. The van der Waals surface area contributed by atoms with Crippen LogP contribution in [0.1, 0.15) is 6.92 Å². The third-order valence-corrected chi connectivity index (χ3v) is 4.43. The van der Waals surface area contributed by atoms with Crippen molar-refractivity contribution < 1.29 is 8.42 Å². The van der Waals surface area contributed by atoms with Crippen molar-refractivity contribution in [2.24, 2.45) is 0 Å². The van der Waals surface area contributed by atoms with Gasteiger partial charge in [0.05, 0.1) is 6.33 Å². The quantitative estimate of drug-likeness (QED) is 0.802. The van der Waals surface area contributed by atoms with Crippen molar-refractivity contribution in [3.8, 4) is 0 Å². The Bertz CT molecular complexity index is 362. The number of aromatic nitrogens is 2. The lowest BCUT2D eigenvalue weighted by Crippen LogP contribution is -2.35. The summed E-state index contributed by atoms with van der Waals surface area (Å²) in [6.07, 6.45) is 5.10. The summed E-state index contributed by atoms with van der Waals surface area (Å²) in [5.41, 5.74) is 0. The molecule has 80 valence electrons. The second-order valence-electron chi connectivity index (χ2n) is 3.00. The van der Waals surface area contributed by atoms with Crippen molar-refractivity contribution in [3.63, 3.8) is 0 Å². The zero-order valence-corrected chi connectivity index (χ0v) is 10.1. The van der Waals surface area contributed by atoms with Gasteiger partial charge >= 0.3 is 0 Å². The lowest BCUT2D eigenvalue weighted by atomic mass is 10.4. The van der Waals surface area contributed by atoms with Crippen LogP contribution in [0.4, 0.5) is 0 Å². The van der Waals surface area contributed by atoms with Crippen molar-refractivity contribution in [2.45, 2.75) is 19.5 Å². The molecule has 0 saturated heterocycles. The molecular weight excluding hydrogens is 270 g/mol. The monoisotopic (exact) mass is 281 g/mol. The van der Waals surface area contributed by atoms with E-state index in [1.54, 1.807) is 25.6 Å². The van der Waals surface area contributed by atoms with Crippen molar-refractivity contribution in [3.05, 3.63) is 18.7 Å². The SMILES string of the molecule is CC(Cn1ccnc1)NS(=O)(=O)CBr. The smallest absolute Gasteiger partial charge is 0.221 e. The van der Waals surface area contributed by atoms with E-state index in [1.165, 1.54) is 0 Å². The van der Waals surface area contributed by atoms with E-state index in [-0.39, 0.29) is 10.7 Å². The van der Waals surface area contributed by atoms with E-state index in [2.05, 4.69) is 25.6 Å². The Kier molecular flexibility index (Phi) is 4.09. The van der Waals surface area contributed by atoms with Gasteiger partial charge in [-0.25, -0.2) is 18.1 Å². The van der Waals surface area contributed by atoms with Gasteiger partial charge in [0.1, 0.15) is 4.66 Å². The van der Waals surface area contributed by atoms with Crippen LogP contribution in [-0.2, 0) is 16.6 Å². The fourth-order valence-corrected chi connectivity index (χ4v) is 2.23. The highest BCUT2D eigenvalue weighted by Crippen LogP contribution is 1.97. The molecule has 1 aromatic rings. The van der Waals surface area contributed by atoms with Gasteiger partial charge in [-0.15, -0.1) is 0 Å². The molecule has 1 atom stereocenters. The first-order valence-corrected chi connectivity index (χ1v) is 6.82. The molecule has 0 aliphatic rings. The third kappa shape index (κ3) is 3.77. The molecule has 7 heteroatoms. The minimum Gasteiger partial charge on any atom is -0.336 e. The Morgan fingerprint density at radius 3 is 2.86 bits per heavy atom. The fraction of sp³-hybridized carbons (Fsp3) is 0.571. The Balaban J connectivity index is 2.48. The average Bonchev–Trinajstić information content (AvgIpc) is 2.55. The highest BCUT2D eigenvalue weighted by Gasteiger charge is 2.12. The number of imidazole rings is 1. The van der Waals surface area contributed by atoms with Gasteiger partial charge in [-0.3, -0.25) is 0 Å². The molecule has 0 radical (unpaired) electrons. The second kappa shape index (κ2) is 4.90. The van der Waals surface area contributed by atoms with Gasteiger partial charge < -0.3 is 4.57 Å². The van der Waals surface area contributed by atoms with E-state index in [4.69, 9.17) is 0 Å². The number of rotatable bonds is 5. The van der Waals surface area contributed by atoms with Crippen LogP contribution in [0, 0.1) is 0 Å². The highest BCUT2D eigenvalue weighted by atomic mass is 79.9. The summed E-state index contributed by atoms with van der Waals surface area (Å²) in [6, 6.07) is -0.147. The molecule has 14 heavy (non-hydrogen) atoms. The predicted molar refractivity (Wildman–Crippen MR) is 57.5 cm³/mol. The molecule has 0 bridgehead atoms. The van der Waals surface area contributed by atoms with Crippen molar-refractivity contribution in [1.29, 1.82) is 0 Å². The Hall–Kier alpha value is -0.400. The molecule has 1 heterocycles. The van der Waals surface area contributed by atoms with E-state index in [1.807, 2.05) is 4.57 Å². The standard InChI is InChI=1S/C7H12BrN3O2S/c1-7(10-14(12,13)5-8)4-11-3-2-9-6-11/h2-3,6-7,10H,4-5H2,1H3. The van der Waals surface area contributed by atoms with Crippen molar-refractivity contribution >= 4 is 26.0 Å². The van der Waals surface area contributed by atoms with Gasteiger partial charge in [-0.05, 0) is 6.92 Å². The van der Waals surface area contributed by atoms with Crippen LogP contribution in [0.3, 0.4) is 0 Å². The minimum atomic E-state index is -3.19. The van der Waals surface area contributed by atoms with Gasteiger partial charge in [0, 0.05) is 25.0 Å². The van der Waals surface area contributed by atoms with Crippen molar-refractivity contribution in [1.82, 2.24) is 14.3 Å². The van der Waals surface area contributed by atoms with Crippen molar-refractivity contribution in [2.75, 3.05) is 4.66 Å². The fourth-order valence-electron chi connectivity index (χ4n) is 1.09. The van der Waals surface area contributed by atoms with Crippen LogP contribution >= 0.6 is 15.9 Å². The highest BCUT2D eigenvalue weighted by molar-refractivity contribution is 9.10. The second-order valence-corrected chi connectivity index (χ2v) is 6.06. The van der Waals surface area contributed by atoms with E-state index in [0.717, 1.165) is 0 Å². The van der Waals surface area contributed by atoms with Crippen LogP contribution in [-0.4, -0.2) is 28.7 Å². The zero-order chi connectivity index (χ0) is 10.6. The predicted octanol–water partition coefficient (Wildman–Crippen LogP) is 0.543. The number of hydrogen-bond acceptors (Lipinski definition) is 3. The molecule has 0 fully saturated rings. The molecule has 0 saturated carbocycles. The average molecular weight is 282 g/mol. The number of nitrogens with one attached hydrogen (secondary N) is 1. The van der Waals surface area contributed by atoms with Gasteiger partial charge in [-0.2, -0.15) is 0 Å². The number of hydrogen-bond donors (Lipinski definition) is 1. The van der Waals surface area contributed by atoms with Crippen LogP contribution in [0.2, 0.25) is 0 Å².